The molecule has 0 spiro atoms. The van der Waals surface area contributed by atoms with Gasteiger partial charge in [0.05, 0.1) is 11.0 Å². The highest BCUT2D eigenvalue weighted by Gasteiger charge is 2.44. The molecule has 1 aliphatic heterocycles. The summed E-state index contributed by atoms with van der Waals surface area (Å²) in [4.78, 5) is 34.2. The molecule has 10 nitrogen and oxygen atoms in total. The van der Waals surface area contributed by atoms with E-state index < -0.39 is 46.7 Å². The smallest absolute Gasteiger partial charge is 0.325 e. The van der Waals surface area contributed by atoms with Crippen LogP contribution in [0.5, 0.6) is 0 Å². The zero-order chi connectivity index (χ0) is 20.4. The zero-order valence-electron chi connectivity index (χ0n) is 14.8. The highest BCUT2D eigenvalue weighted by Crippen LogP contribution is 2.28. The molecule has 0 aliphatic carbocycles. The highest BCUT2D eigenvalue weighted by atomic mass is 32.2. The molecular formula is C16H21N3O7S. The summed E-state index contributed by atoms with van der Waals surface area (Å²) in [7, 11) is -4.06. The maximum absolute atomic E-state index is 12.9. The van der Waals surface area contributed by atoms with Crippen molar-refractivity contribution in [3.05, 3.63) is 29.3 Å². The molecule has 1 heterocycles. The third-order valence-corrected chi connectivity index (χ3v) is 6.07. The van der Waals surface area contributed by atoms with E-state index in [1.807, 2.05) is 6.92 Å². The number of amides is 3. The number of imide groups is 1. The Labute approximate surface area is 156 Å². The molecule has 1 unspecified atom stereocenters. The Morgan fingerprint density at radius 3 is 2.56 bits per heavy atom. The van der Waals surface area contributed by atoms with Crippen molar-refractivity contribution in [3.63, 3.8) is 0 Å². The van der Waals surface area contributed by atoms with Crippen LogP contribution in [0.15, 0.2) is 23.1 Å². The summed E-state index contributed by atoms with van der Waals surface area (Å²) in [5.74, 6) is -1.95. The van der Waals surface area contributed by atoms with Crippen molar-refractivity contribution in [3.8, 4) is 0 Å². The number of urea groups is 1. The summed E-state index contributed by atoms with van der Waals surface area (Å²) in [5.41, 5.74) is 6.45. The van der Waals surface area contributed by atoms with Crippen LogP contribution in [0.2, 0.25) is 0 Å². The molecule has 1 aliphatic rings. The van der Waals surface area contributed by atoms with Crippen LogP contribution in [-0.2, 0) is 24.3 Å². The molecule has 1 aromatic rings. The summed E-state index contributed by atoms with van der Waals surface area (Å²) in [5, 5.41) is 11.6. The van der Waals surface area contributed by atoms with Crippen molar-refractivity contribution in [2.75, 3.05) is 13.2 Å². The number of carbonyl (C=O) groups is 3. The van der Waals surface area contributed by atoms with Crippen molar-refractivity contribution < 1.29 is 32.6 Å². The average Bonchev–Trinajstić information content (AvgIpc) is 2.97. The van der Waals surface area contributed by atoms with Crippen molar-refractivity contribution in [2.45, 2.75) is 37.3 Å². The molecular weight excluding hydrogens is 378 g/mol. The maximum Gasteiger partial charge on any atom is 0.325 e. The number of primary amides is 1. The predicted molar refractivity (Wildman–Crippen MR) is 92.9 cm³/mol. The van der Waals surface area contributed by atoms with Gasteiger partial charge in [-0.1, -0.05) is 6.07 Å². The normalized spacial score (nSPS) is 20.3. The molecule has 2 rings (SSSR count). The van der Waals surface area contributed by atoms with E-state index in [-0.39, 0.29) is 17.9 Å². The number of nitrogens with two attached hydrogens (primary N) is 1. The Balaban J connectivity index is 2.19. The van der Waals surface area contributed by atoms with Crippen LogP contribution in [-0.4, -0.2) is 61.0 Å². The van der Waals surface area contributed by atoms with E-state index >= 15 is 0 Å². The van der Waals surface area contributed by atoms with Crippen molar-refractivity contribution in [1.82, 2.24) is 9.62 Å². The lowest BCUT2D eigenvalue weighted by Crippen LogP contribution is -2.43. The molecule has 4 N–H and O–H groups in total. The first kappa shape index (κ1) is 20.8. The first-order valence-electron chi connectivity index (χ1n) is 8.05. The largest absolute Gasteiger partial charge is 0.454 e. The number of sulfonamides is 1. The molecule has 148 valence electrons. The third kappa shape index (κ3) is 4.81. The van der Waals surface area contributed by atoms with E-state index in [1.54, 1.807) is 18.3 Å². The standard InChI is InChI=1S/C16H21N3O7S/c1-9-3-4-12(5-10(9)2)27(24,25)19-7-11(20)6-13(19)15(22)26-8-14(21)18-16(17)23/h3-5,11,13,20H,6-8H2,1-2H3,(H3,17,18,21,23)/t11?,13-/m0/s1. The van der Waals surface area contributed by atoms with Crippen molar-refractivity contribution in [2.24, 2.45) is 5.73 Å². The lowest BCUT2D eigenvalue weighted by atomic mass is 10.1. The Morgan fingerprint density at radius 2 is 1.96 bits per heavy atom. The van der Waals surface area contributed by atoms with Crippen molar-refractivity contribution >= 4 is 27.9 Å². The minimum absolute atomic E-state index is 0.0102. The van der Waals surface area contributed by atoms with Gasteiger partial charge in [-0.25, -0.2) is 13.2 Å². The fourth-order valence-corrected chi connectivity index (χ4v) is 4.39. The molecule has 0 radical (unpaired) electrons. The number of carbonyl (C=O) groups excluding carboxylic acids is 3. The van der Waals surface area contributed by atoms with Crippen LogP contribution < -0.4 is 11.1 Å². The lowest BCUT2D eigenvalue weighted by molar-refractivity contribution is -0.151. The Hall–Kier alpha value is -2.50. The van der Waals surface area contributed by atoms with Gasteiger partial charge in [0.15, 0.2) is 6.61 Å². The molecule has 27 heavy (non-hydrogen) atoms. The van der Waals surface area contributed by atoms with Gasteiger partial charge in [-0.05, 0) is 37.1 Å². The van der Waals surface area contributed by atoms with E-state index in [9.17, 15) is 27.9 Å². The summed E-state index contributed by atoms with van der Waals surface area (Å²) in [6.07, 6.45) is -1.22. The van der Waals surface area contributed by atoms with Gasteiger partial charge >= 0.3 is 12.0 Å². The number of nitrogens with zero attached hydrogens (tertiary/aromatic N) is 1. The van der Waals surface area contributed by atoms with E-state index in [0.29, 0.717) is 0 Å². The number of aliphatic hydroxyl groups excluding tert-OH is 1. The van der Waals surface area contributed by atoms with Gasteiger partial charge in [0.1, 0.15) is 6.04 Å². The van der Waals surface area contributed by atoms with E-state index in [1.165, 1.54) is 12.1 Å². The number of hydrogen-bond acceptors (Lipinski definition) is 7. The second-order valence-corrected chi connectivity index (χ2v) is 8.14. The summed E-state index contributed by atoms with van der Waals surface area (Å²) >= 11 is 0. The maximum atomic E-state index is 12.9. The molecule has 2 atom stereocenters. The fraction of sp³-hybridized carbons (Fsp3) is 0.438. The van der Waals surface area contributed by atoms with Crippen LogP contribution in [0.1, 0.15) is 17.5 Å². The van der Waals surface area contributed by atoms with Gasteiger partial charge in [0.25, 0.3) is 5.91 Å². The number of rotatable bonds is 5. The van der Waals surface area contributed by atoms with E-state index in [4.69, 9.17) is 10.5 Å². The SMILES string of the molecule is Cc1ccc(S(=O)(=O)N2CC(O)C[C@H]2C(=O)OCC(=O)NC(N)=O)cc1C. The van der Waals surface area contributed by atoms with Gasteiger partial charge in [0, 0.05) is 13.0 Å². The van der Waals surface area contributed by atoms with Crippen LogP contribution in [0.4, 0.5) is 4.79 Å². The third-order valence-electron chi connectivity index (χ3n) is 4.20. The molecule has 1 aromatic carbocycles. The summed E-state index contributed by atoms with van der Waals surface area (Å²) in [6, 6.07) is 2.17. The number of benzene rings is 1. The Morgan fingerprint density at radius 1 is 1.30 bits per heavy atom. The number of β-amino-alcohol motifs (C(OH)–C–C–N with tert-alkyl or cyclic N) is 1. The summed E-state index contributed by atoms with van der Waals surface area (Å²) in [6.45, 7) is 2.52. The first-order valence-corrected chi connectivity index (χ1v) is 9.49. The molecule has 3 amide bonds. The van der Waals surface area contributed by atoms with Gasteiger partial charge in [-0.15, -0.1) is 0 Å². The average molecular weight is 399 g/mol. The van der Waals surface area contributed by atoms with Crippen LogP contribution in [0, 0.1) is 13.8 Å². The Kier molecular flexibility index (Phi) is 6.19. The molecule has 0 aromatic heterocycles. The second-order valence-electron chi connectivity index (χ2n) is 6.25. The molecule has 1 saturated heterocycles. The number of nitrogens with one attached hydrogen (secondary N) is 1. The molecule has 0 saturated carbocycles. The van der Waals surface area contributed by atoms with Gasteiger partial charge in [0.2, 0.25) is 10.0 Å². The zero-order valence-corrected chi connectivity index (χ0v) is 15.7. The summed E-state index contributed by atoms with van der Waals surface area (Å²) < 4.78 is 31.4. The predicted octanol–water partition coefficient (Wildman–Crippen LogP) is -0.835. The van der Waals surface area contributed by atoms with Crippen LogP contribution in [0.25, 0.3) is 0 Å². The fourth-order valence-electron chi connectivity index (χ4n) is 2.68. The first-order chi connectivity index (χ1) is 12.5. The number of aliphatic hydroxyl groups is 1. The minimum atomic E-state index is -4.06. The quantitative estimate of drug-likeness (QED) is 0.545. The van der Waals surface area contributed by atoms with Crippen LogP contribution >= 0.6 is 0 Å². The van der Waals surface area contributed by atoms with Crippen molar-refractivity contribution in [1.29, 1.82) is 0 Å². The number of ether oxygens (including phenoxy) is 1. The van der Waals surface area contributed by atoms with Crippen LogP contribution in [0.3, 0.4) is 0 Å². The van der Waals surface area contributed by atoms with Gasteiger partial charge in [-0.3, -0.25) is 14.9 Å². The molecule has 1 fully saturated rings. The van der Waals surface area contributed by atoms with E-state index in [0.717, 1.165) is 15.4 Å². The highest BCUT2D eigenvalue weighted by molar-refractivity contribution is 7.89. The lowest BCUT2D eigenvalue weighted by Gasteiger charge is -2.22. The van der Waals surface area contributed by atoms with Gasteiger partial charge < -0.3 is 15.6 Å². The monoisotopic (exact) mass is 399 g/mol. The second kappa shape index (κ2) is 8.03. The number of hydrogen-bond donors (Lipinski definition) is 3. The minimum Gasteiger partial charge on any atom is -0.454 e. The number of aryl methyl sites for hydroxylation is 2. The molecule has 11 heteroatoms. The molecule has 0 bridgehead atoms. The topological polar surface area (TPSA) is 156 Å². The van der Waals surface area contributed by atoms with Gasteiger partial charge in [-0.2, -0.15) is 4.31 Å². The number of esters is 1. The van der Waals surface area contributed by atoms with E-state index in [2.05, 4.69) is 0 Å². The Bertz CT molecular complexity index is 869.